The monoisotopic (exact) mass is 671 g/mol. The summed E-state index contributed by atoms with van der Waals surface area (Å²) in [5.74, 6) is -9.29. The van der Waals surface area contributed by atoms with E-state index in [1.165, 1.54) is 6.08 Å². The molecule has 3 aliphatic carbocycles. The SMILES string of the molecule is COC(=O)N1C(=O)[C@H]2[C@H](CC=C3[C@H]2C[C@H]2C(=O)C(c4ccccc4)=CC(=O)[C@@]2(c2ccccc2)[C@H]3c2cc(OC(F)(F)F)ccc2O)C1=O. The summed E-state index contributed by atoms with van der Waals surface area (Å²) in [6.07, 6.45) is -3.51. The zero-order valence-corrected chi connectivity index (χ0v) is 25.8. The summed E-state index contributed by atoms with van der Waals surface area (Å²) >= 11 is 0. The molecule has 1 saturated carbocycles. The molecule has 0 radical (unpaired) electrons. The topological polar surface area (TPSA) is 127 Å². The fourth-order valence-corrected chi connectivity index (χ4v) is 8.45. The molecule has 0 bridgehead atoms. The molecule has 3 aromatic rings. The van der Waals surface area contributed by atoms with E-state index in [0.29, 0.717) is 21.6 Å². The molecule has 2 fully saturated rings. The van der Waals surface area contributed by atoms with Crippen LogP contribution in [0.3, 0.4) is 0 Å². The first-order chi connectivity index (χ1) is 23.4. The van der Waals surface area contributed by atoms with Gasteiger partial charge in [-0.1, -0.05) is 72.3 Å². The molecule has 3 aromatic carbocycles. The van der Waals surface area contributed by atoms with E-state index in [9.17, 15) is 42.3 Å². The summed E-state index contributed by atoms with van der Waals surface area (Å²) in [4.78, 5) is 70.1. The lowest BCUT2D eigenvalue weighted by Crippen LogP contribution is -2.58. The average molecular weight is 672 g/mol. The molecule has 0 unspecified atom stereocenters. The molecule has 6 atom stereocenters. The van der Waals surface area contributed by atoms with Crippen molar-refractivity contribution in [1.82, 2.24) is 4.90 Å². The zero-order valence-electron chi connectivity index (χ0n) is 25.8. The lowest BCUT2D eigenvalue weighted by atomic mass is 9.44. The molecule has 250 valence electrons. The molecule has 4 aliphatic rings. The second kappa shape index (κ2) is 11.6. The largest absolute Gasteiger partial charge is 0.573 e. The van der Waals surface area contributed by atoms with E-state index in [1.54, 1.807) is 66.7 Å². The number of halogens is 3. The van der Waals surface area contributed by atoms with Crippen molar-refractivity contribution in [3.63, 3.8) is 0 Å². The molecule has 3 amide bonds. The van der Waals surface area contributed by atoms with E-state index in [2.05, 4.69) is 4.74 Å². The minimum atomic E-state index is -5.09. The molecule has 0 spiro atoms. The van der Waals surface area contributed by atoms with Crippen molar-refractivity contribution in [1.29, 1.82) is 0 Å². The van der Waals surface area contributed by atoms with E-state index in [4.69, 9.17) is 4.74 Å². The van der Waals surface area contributed by atoms with Gasteiger partial charge in [-0.15, -0.1) is 13.2 Å². The maximum absolute atomic E-state index is 14.9. The van der Waals surface area contributed by atoms with Crippen LogP contribution in [0.25, 0.3) is 5.57 Å². The van der Waals surface area contributed by atoms with Gasteiger partial charge in [0.05, 0.1) is 24.4 Å². The van der Waals surface area contributed by atoms with Gasteiger partial charge in [-0.3, -0.25) is 19.2 Å². The molecule has 0 aromatic heterocycles. The number of phenols is 1. The molecule has 1 heterocycles. The third-order valence-corrected chi connectivity index (χ3v) is 10.3. The number of rotatable bonds is 4. The smallest absolute Gasteiger partial charge is 0.508 e. The van der Waals surface area contributed by atoms with Gasteiger partial charge < -0.3 is 14.6 Å². The second-order valence-electron chi connectivity index (χ2n) is 12.5. The van der Waals surface area contributed by atoms with Crippen molar-refractivity contribution in [3.05, 3.63) is 113 Å². The molecule has 1 aliphatic heterocycles. The average Bonchev–Trinajstić information content (AvgIpc) is 3.35. The summed E-state index contributed by atoms with van der Waals surface area (Å²) in [6.45, 7) is 0. The van der Waals surface area contributed by atoms with E-state index < -0.39 is 82.3 Å². The maximum atomic E-state index is 14.9. The van der Waals surface area contributed by atoms with Gasteiger partial charge in [0.15, 0.2) is 11.6 Å². The predicted octanol–water partition coefficient (Wildman–Crippen LogP) is 5.88. The molecular formula is C37H28F3NO8. The fraction of sp³-hybridized carbons (Fsp3) is 0.270. The number of allylic oxidation sites excluding steroid dienone is 4. The molecule has 7 rings (SSSR count). The number of imide groups is 3. The van der Waals surface area contributed by atoms with E-state index in [-0.39, 0.29) is 24.0 Å². The summed E-state index contributed by atoms with van der Waals surface area (Å²) in [5, 5.41) is 11.4. The quantitative estimate of drug-likeness (QED) is 0.269. The summed E-state index contributed by atoms with van der Waals surface area (Å²) in [5.41, 5.74) is -0.595. The highest BCUT2D eigenvalue weighted by molar-refractivity contribution is 6.31. The lowest BCUT2D eigenvalue weighted by Gasteiger charge is -2.55. The van der Waals surface area contributed by atoms with Crippen molar-refractivity contribution >= 4 is 35.0 Å². The highest BCUT2D eigenvalue weighted by Gasteiger charge is 2.66. The number of ether oxygens (including phenoxy) is 2. The minimum absolute atomic E-state index is 0.0483. The van der Waals surface area contributed by atoms with Crippen molar-refractivity contribution in [2.45, 2.75) is 30.5 Å². The van der Waals surface area contributed by atoms with E-state index in [1.807, 2.05) is 0 Å². The van der Waals surface area contributed by atoms with Crippen LogP contribution in [0, 0.1) is 23.7 Å². The normalized spacial score (nSPS) is 27.8. The Morgan fingerprint density at radius 3 is 2.24 bits per heavy atom. The number of fused-ring (bicyclic) bond motifs is 4. The van der Waals surface area contributed by atoms with Crippen LogP contribution < -0.4 is 4.74 Å². The first kappa shape index (κ1) is 32.0. The number of hydrogen-bond donors (Lipinski definition) is 1. The van der Waals surface area contributed by atoms with Crippen LogP contribution in [-0.2, 0) is 29.3 Å². The number of ketones is 2. The van der Waals surface area contributed by atoms with Crippen LogP contribution in [0.15, 0.2) is 96.6 Å². The number of nitrogens with zero attached hydrogens (tertiary/aromatic N) is 1. The lowest BCUT2D eigenvalue weighted by molar-refractivity contribution is -0.274. The molecule has 9 nitrogen and oxygen atoms in total. The van der Waals surface area contributed by atoms with Crippen LogP contribution in [0.5, 0.6) is 11.5 Å². The van der Waals surface area contributed by atoms with Gasteiger partial charge >= 0.3 is 12.5 Å². The van der Waals surface area contributed by atoms with Gasteiger partial charge in [-0.05, 0) is 54.2 Å². The number of benzene rings is 3. The van der Waals surface area contributed by atoms with Crippen LogP contribution >= 0.6 is 0 Å². The molecular weight excluding hydrogens is 643 g/mol. The second-order valence-corrected chi connectivity index (χ2v) is 12.5. The number of amides is 3. The number of Topliss-reactive ketones (excluding diaryl/α,β-unsaturated/α-hetero) is 1. The van der Waals surface area contributed by atoms with E-state index >= 15 is 0 Å². The predicted molar refractivity (Wildman–Crippen MR) is 166 cm³/mol. The summed E-state index contributed by atoms with van der Waals surface area (Å²) < 4.78 is 49.3. The van der Waals surface area contributed by atoms with Crippen LogP contribution in [0.4, 0.5) is 18.0 Å². The number of alkyl halides is 3. The number of carbonyl (C=O) groups is 5. The Labute approximate surface area is 277 Å². The number of phenolic OH excluding ortho intramolecular Hbond substituents is 1. The first-order valence-corrected chi connectivity index (χ1v) is 15.5. The van der Waals surface area contributed by atoms with Crippen LogP contribution in [0.1, 0.15) is 35.4 Å². The Balaban J connectivity index is 1.51. The van der Waals surface area contributed by atoms with Gasteiger partial charge in [-0.2, -0.15) is 4.90 Å². The van der Waals surface area contributed by atoms with Crippen molar-refractivity contribution in [3.8, 4) is 11.5 Å². The van der Waals surface area contributed by atoms with Gasteiger partial charge in [0.25, 0.3) is 0 Å². The highest BCUT2D eigenvalue weighted by atomic mass is 19.4. The fourth-order valence-electron chi connectivity index (χ4n) is 8.45. The molecule has 12 heteroatoms. The van der Waals surface area contributed by atoms with Crippen molar-refractivity contribution in [2.75, 3.05) is 7.11 Å². The van der Waals surface area contributed by atoms with Gasteiger partial charge in [0.1, 0.15) is 11.5 Å². The van der Waals surface area contributed by atoms with Gasteiger partial charge in [0.2, 0.25) is 11.8 Å². The molecule has 1 N–H and O–H groups in total. The number of carbonyl (C=O) groups excluding carboxylic acids is 5. The Hall–Kier alpha value is -5.52. The highest BCUT2D eigenvalue weighted by Crippen LogP contribution is 2.64. The number of aromatic hydroxyl groups is 1. The van der Waals surface area contributed by atoms with Crippen molar-refractivity contribution < 1.29 is 51.7 Å². The third kappa shape index (κ3) is 4.88. The van der Waals surface area contributed by atoms with Crippen molar-refractivity contribution in [2.24, 2.45) is 23.7 Å². The molecule has 49 heavy (non-hydrogen) atoms. The van der Waals surface area contributed by atoms with Crippen LogP contribution in [-0.4, -0.2) is 53.0 Å². The Kier molecular flexibility index (Phi) is 7.57. The zero-order chi connectivity index (χ0) is 34.8. The standard InChI is InChI=1S/C37H28F3NO8/c1-48-35(47)41-33(45)23-14-13-22-25(30(23)34(41)46)17-27-32(44)24(19-8-4-2-5-9-19)18-29(43)36(27,20-10-6-3-7-11-20)31(22)26-16-21(12-15-28(26)42)49-37(38,39)40/h2-13,15-16,18,23,25,27,30-31,42H,14,17H2,1H3/t23-,25+,27-,30-,31+,36-/m0/s1. The van der Waals surface area contributed by atoms with Gasteiger partial charge in [0, 0.05) is 23.0 Å². The Bertz CT molecular complexity index is 1970. The van der Waals surface area contributed by atoms with Crippen LogP contribution in [0.2, 0.25) is 0 Å². The Morgan fingerprint density at radius 1 is 0.918 bits per heavy atom. The number of methoxy groups -OCH3 is 1. The van der Waals surface area contributed by atoms with Gasteiger partial charge in [-0.25, -0.2) is 4.79 Å². The third-order valence-electron chi connectivity index (χ3n) is 10.3. The molecule has 1 saturated heterocycles. The maximum Gasteiger partial charge on any atom is 0.573 e. The van der Waals surface area contributed by atoms with E-state index in [0.717, 1.165) is 25.3 Å². The minimum Gasteiger partial charge on any atom is -0.508 e. The number of hydrogen-bond acceptors (Lipinski definition) is 8. The summed E-state index contributed by atoms with van der Waals surface area (Å²) in [6, 6.07) is 19.8. The Morgan fingerprint density at radius 2 is 1.59 bits per heavy atom. The number of likely N-dealkylation sites (tertiary alicyclic amines) is 1. The first-order valence-electron chi connectivity index (χ1n) is 15.5. The summed E-state index contributed by atoms with van der Waals surface area (Å²) in [7, 11) is 1.03.